The predicted molar refractivity (Wildman–Crippen MR) is 83.1 cm³/mol. The van der Waals surface area contributed by atoms with E-state index in [2.05, 4.69) is 15.0 Å². The molecule has 3 rings (SSSR count). The van der Waals surface area contributed by atoms with Crippen molar-refractivity contribution >= 4 is 33.7 Å². The molecule has 3 aromatic rings. The molecule has 0 fully saturated rings. The molecule has 3 aromatic heterocycles. The first-order chi connectivity index (χ1) is 10.7. The number of carbonyl (C=O) groups is 1. The summed E-state index contributed by atoms with van der Waals surface area (Å²) in [6.45, 7) is 2.56. The van der Waals surface area contributed by atoms with Gasteiger partial charge in [0, 0.05) is 11.6 Å². The van der Waals surface area contributed by atoms with Crippen molar-refractivity contribution < 1.29 is 9.53 Å². The number of nitrogens with zero attached hydrogens (tertiary/aromatic N) is 4. The van der Waals surface area contributed by atoms with Gasteiger partial charge in [0.15, 0.2) is 0 Å². The van der Waals surface area contributed by atoms with Gasteiger partial charge in [0.25, 0.3) is 0 Å². The Labute approximate surface area is 127 Å². The number of nitrogens with two attached hydrogens (primary N) is 1. The number of rotatable bonds is 5. The lowest BCUT2D eigenvalue weighted by Gasteiger charge is -2.07. The van der Waals surface area contributed by atoms with Crippen molar-refractivity contribution in [3.8, 4) is 0 Å². The lowest BCUT2D eigenvalue weighted by Crippen LogP contribution is -2.14. The van der Waals surface area contributed by atoms with E-state index in [9.17, 15) is 4.79 Å². The van der Waals surface area contributed by atoms with Gasteiger partial charge in [-0.05, 0) is 12.5 Å². The second kappa shape index (κ2) is 5.97. The zero-order valence-electron chi connectivity index (χ0n) is 12.3. The largest absolute Gasteiger partial charge is 0.464 e. The van der Waals surface area contributed by atoms with Gasteiger partial charge in [-0.15, -0.1) is 0 Å². The molecule has 0 amide bonds. The van der Waals surface area contributed by atoms with Crippen molar-refractivity contribution in [1.29, 1.82) is 0 Å². The molecule has 7 heteroatoms. The van der Waals surface area contributed by atoms with Crippen LogP contribution in [-0.2, 0) is 16.1 Å². The van der Waals surface area contributed by atoms with Crippen LogP contribution in [0.25, 0.3) is 21.9 Å². The standard InChI is InChI=1S/C15H17N5O2/c1-2-3-6-22-12(21)8-20-11-7-17-5-4-10(11)13-14(16)18-9-19-15(13)20/h4-5,7,9H,2-3,6,8H2,1H3,(H2,16,18,19). The predicted octanol–water partition coefficient (Wildman–Crippen LogP) is 1.91. The molecule has 3 heterocycles. The van der Waals surface area contributed by atoms with Crippen LogP contribution < -0.4 is 5.73 Å². The maximum Gasteiger partial charge on any atom is 0.326 e. The molecule has 2 N–H and O–H groups in total. The zero-order chi connectivity index (χ0) is 15.5. The van der Waals surface area contributed by atoms with Crippen LogP contribution in [0.3, 0.4) is 0 Å². The van der Waals surface area contributed by atoms with Crippen molar-refractivity contribution in [2.75, 3.05) is 12.3 Å². The van der Waals surface area contributed by atoms with Gasteiger partial charge in [0.2, 0.25) is 0 Å². The maximum atomic E-state index is 12.0. The van der Waals surface area contributed by atoms with E-state index < -0.39 is 0 Å². The molecule has 0 saturated heterocycles. The number of hydrogen-bond acceptors (Lipinski definition) is 6. The number of pyridine rings is 1. The molecule has 0 unspecified atom stereocenters. The van der Waals surface area contributed by atoms with Crippen molar-refractivity contribution in [3.63, 3.8) is 0 Å². The number of carbonyl (C=O) groups excluding carboxylic acids is 1. The van der Waals surface area contributed by atoms with Crippen LogP contribution in [0.4, 0.5) is 5.82 Å². The minimum atomic E-state index is -0.298. The quantitative estimate of drug-likeness (QED) is 0.571. The first-order valence-corrected chi connectivity index (χ1v) is 7.20. The van der Waals surface area contributed by atoms with E-state index in [1.165, 1.54) is 6.33 Å². The molecule has 0 radical (unpaired) electrons. The minimum Gasteiger partial charge on any atom is -0.464 e. The first-order valence-electron chi connectivity index (χ1n) is 7.20. The van der Waals surface area contributed by atoms with Crippen molar-refractivity contribution in [1.82, 2.24) is 19.5 Å². The van der Waals surface area contributed by atoms with Crippen molar-refractivity contribution in [2.45, 2.75) is 26.3 Å². The summed E-state index contributed by atoms with van der Waals surface area (Å²) in [6.07, 6.45) is 6.60. The lowest BCUT2D eigenvalue weighted by molar-refractivity contribution is -0.144. The molecule has 0 atom stereocenters. The molecule has 7 nitrogen and oxygen atoms in total. The second-order valence-corrected chi connectivity index (χ2v) is 5.01. The van der Waals surface area contributed by atoms with Crippen LogP contribution in [0, 0.1) is 0 Å². The maximum absolute atomic E-state index is 12.0. The molecule has 0 spiro atoms. The van der Waals surface area contributed by atoms with Gasteiger partial charge in [-0.2, -0.15) is 0 Å². The van der Waals surface area contributed by atoms with Gasteiger partial charge < -0.3 is 15.0 Å². The highest BCUT2D eigenvalue weighted by Gasteiger charge is 2.17. The number of esters is 1. The number of unbranched alkanes of at least 4 members (excludes halogenated alkanes) is 1. The number of hydrogen-bond donors (Lipinski definition) is 1. The molecule has 0 aliphatic carbocycles. The molecular weight excluding hydrogens is 282 g/mol. The summed E-state index contributed by atoms with van der Waals surface area (Å²) < 4.78 is 7.00. The van der Waals surface area contributed by atoms with Gasteiger partial charge in [-0.25, -0.2) is 9.97 Å². The van der Waals surface area contributed by atoms with Crippen LogP contribution in [0.1, 0.15) is 19.8 Å². The molecule has 0 aromatic carbocycles. The summed E-state index contributed by atoms with van der Waals surface area (Å²) in [5, 5.41) is 1.62. The summed E-state index contributed by atoms with van der Waals surface area (Å²) in [5.41, 5.74) is 7.37. The zero-order valence-corrected chi connectivity index (χ0v) is 12.3. The van der Waals surface area contributed by atoms with Gasteiger partial charge in [-0.3, -0.25) is 9.78 Å². The Hall–Kier alpha value is -2.70. The monoisotopic (exact) mass is 299 g/mol. The van der Waals surface area contributed by atoms with Crippen LogP contribution in [-0.4, -0.2) is 32.1 Å². The Bertz CT molecular complexity index is 827. The highest BCUT2D eigenvalue weighted by molar-refractivity contribution is 6.11. The molecule has 114 valence electrons. The van der Waals surface area contributed by atoms with Gasteiger partial charge >= 0.3 is 5.97 Å². The second-order valence-electron chi connectivity index (χ2n) is 5.01. The third-order valence-electron chi connectivity index (χ3n) is 3.52. The molecular formula is C15H17N5O2. The van der Waals surface area contributed by atoms with Crippen molar-refractivity contribution in [3.05, 3.63) is 24.8 Å². The van der Waals surface area contributed by atoms with Crippen LogP contribution in [0.5, 0.6) is 0 Å². The minimum absolute atomic E-state index is 0.0753. The van der Waals surface area contributed by atoms with E-state index in [0.717, 1.165) is 29.1 Å². The molecule has 22 heavy (non-hydrogen) atoms. The lowest BCUT2D eigenvalue weighted by atomic mass is 10.2. The van der Waals surface area contributed by atoms with E-state index in [0.29, 0.717) is 18.1 Å². The number of anilines is 1. The Kier molecular flexibility index (Phi) is 3.86. The Balaban J connectivity index is 2.04. The van der Waals surface area contributed by atoms with Gasteiger partial charge in [-0.1, -0.05) is 13.3 Å². The van der Waals surface area contributed by atoms with E-state index in [1.807, 2.05) is 13.0 Å². The van der Waals surface area contributed by atoms with Gasteiger partial charge in [0.1, 0.15) is 24.3 Å². The van der Waals surface area contributed by atoms with E-state index in [4.69, 9.17) is 10.5 Å². The third kappa shape index (κ3) is 2.45. The molecule has 0 aliphatic rings. The Morgan fingerprint density at radius 3 is 3.09 bits per heavy atom. The van der Waals surface area contributed by atoms with E-state index in [1.54, 1.807) is 17.0 Å². The smallest absolute Gasteiger partial charge is 0.326 e. The first kappa shape index (κ1) is 14.2. The Morgan fingerprint density at radius 1 is 1.41 bits per heavy atom. The Morgan fingerprint density at radius 2 is 2.27 bits per heavy atom. The third-order valence-corrected chi connectivity index (χ3v) is 3.52. The number of fused-ring (bicyclic) bond motifs is 3. The average molecular weight is 299 g/mol. The van der Waals surface area contributed by atoms with E-state index in [-0.39, 0.29) is 12.5 Å². The summed E-state index contributed by atoms with van der Waals surface area (Å²) in [4.78, 5) is 24.4. The van der Waals surface area contributed by atoms with Crippen LogP contribution >= 0.6 is 0 Å². The number of ether oxygens (including phenoxy) is 1. The fraction of sp³-hybridized carbons (Fsp3) is 0.333. The fourth-order valence-electron chi connectivity index (χ4n) is 2.44. The van der Waals surface area contributed by atoms with Crippen LogP contribution in [0.2, 0.25) is 0 Å². The molecule has 0 bridgehead atoms. The van der Waals surface area contributed by atoms with E-state index >= 15 is 0 Å². The highest BCUT2D eigenvalue weighted by Crippen LogP contribution is 2.29. The summed E-state index contributed by atoms with van der Waals surface area (Å²) in [5.74, 6) is 0.0904. The topological polar surface area (TPSA) is 95.9 Å². The van der Waals surface area contributed by atoms with Gasteiger partial charge in [0.05, 0.1) is 23.7 Å². The van der Waals surface area contributed by atoms with Crippen molar-refractivity contribution in [2.24, 2.45) is 0 Å². The molecule has 0 saturated carbocycles. The van der Waals surface area contributed by atoms with Crippen LogP contribution in [0.15, 0.2) is 24.8 Å². The average Bonchev–Trinajstić information content (AvgIpc) is 2.83. The number of nitrogen functional groups attached to an aromatic ring is 1. The fourth-order valence-corrected chi connectivity index (χ4v) is 2.44. The number of aromatic nitrogens is 4. The summed E-state index contributed by atoms with van der Waals surface area (Å²) >= 11 is 0. The summed E-state index contributed by atoms with van der Waals surface area (Å²) in [6, 6.07) is 1.84. The summed E-state index contributed by atoms with van der Waals surface area (Å²) in [7, 11) is 0. The normalized spacial score (nSPS) is 11.1. The SMILES string of the molecule is CCCCOC(=O)Cn1c2cnccc2c2c(N)ncnc21. The highest BCUT2D eigenvalue weighted by atomic mass is 16.5. The molecule has 0 aliphatic heterocycles.